The Bertz CT molecular complexity index is 521. The Balaban J connectivity index is 3.33. The van der Waals surface area contributed by atoms with Gasteiger partial charge >= 0.3 is 5.69 Å². The van der Waals surface area contributed by atoms with Crippen molar-refractivity contribution in [1.82, 2.24) is 0 Å². The summed E-state index contributed by atoms with van der Waals surface area (Å²) in [6, 6.07) is 3.63. The minimum Gasteiger partial charge on any atom is -0.258 e. The van der Waals surface area contributed by atoms with Crippen molar-refractivity contribution < 1.29 is 9.31 Å². The first-order chi connectivity index (χ1) is 7.06. The molecule has 74 valence electrons. The maximum absolute atomic E-state index is 13.1. The van der Waals surface area contributed by atoms with Crippen LogP contribution in [-0.2, 0) is 0 Å². The van der Waals surface area contributed by atoms with E-state index in [9.17, 15) is 14.5 Å². The van der Waals surface area contributed by atoms with Crippen LogP contribution in [0.15, 0.2) is 12.1 Å². The molecule has 0 unspecified atom stereocenters. The average Bonchev–Trinajstić information content (AvgIpc) is 2.18. The lowest BCUT2D eigenvalue weighted by molar-refractivity contribution is -0.387. The van der Waals surface area contributed by atoms with Gasteiger partial charge in [0.1, 0.15) is 0 Å². The van der Waals surface area contributed by atoms with E-state index in [0.29, 0.717) is 5.56 Å². The Morgan fingerprint density at radius 2 is 2.20 bits per heavy atom. The van der Waals surface area contributed by atoms with Crippen molar-refractivity contribution in [1.29, 1.82) is 5.26 Å². The number of nitriles is 1. The molecule has 0 aliphatic heterocycles. The average molecular weight is 204 g/mol. The van der Waals surface area contributed by atoms with E-state index in [1.54, 1.807) is 13.0 Å². The molecule has 0 heterocycles. The summed E-state index contributed by atoms with van der Waals surface area (Å²) in [6.07, 6.45) is 0. The minimum absolute atomic E-state index is 0.277. The van der Waals surface area contributed by atoms with E-state index in [2.05, 4.69) is 11.8 Å². The van der Waals surface area contributed by atoms with Crippen LogP contribution in [0.1, 0.15) is 11.1 Å². The molecule has 0 atom stereocenters. The van der Waals surface area contributed by atoms with Gasteiger partial charge in [-0.3, -0.25) is 10.1 Å². The fourth-order valence-electron chi connectivity index (χ4n) is 1.04. The normalized spacial score (nSPS) is 8.60. The molecule has 0 aliphatic carbocycles. The molecule has 1 aromatic rings. The van der Waals surface area contributed by atoms with Gasteiger partial charge in [-0.15, -0.1) is 0 Å². The Morgan fingerprint density at radius 3 is 2.73 bits per heavy atom. The van der Waals surface area contributed by atoms with Crippen LogP contribution in [0.2, 0.25) is 0 Å². The molecule has 0 aromatic heterocycles. The quantitative estimate of drug-likeness (QED) is 0.398. The zero-order valence-corrected chi connectivity index (χ0v) is 7.74. The summed E-state index contributed by atoms with van der Waals surface area (Å²) in [7, 11) is 0. The molecule has 5 heteroatoms. The van der Waals surface area contributed by atoms with Gasteiger partial charge in [-0.2, -0.15) is 9.65 Å². The summed E-state index contributed by atoms with van der Waals surface area (Å²) in [6.45, 7) is 1.56. The minimum atomic E-state index is -0.951. The predicted octanol–water partition coefficient (Wildman–Crippen LogP) is 1.92. The number of nitrogens with zero attached hydrogens (tertiary/aromatic N) is 2. The fourth-order valence-corrected chi connectivity index (χ4v) is 1.04. The van der Waals surface area contributed by atoms with E-state index in [1.165, 1.54) is 0 Å². The monoisotopic (exact) mass is 204 g/mol. The number of halogens is 1. The van der Waals surface area contributed by atoms with Gasteiger partial charge in [-0.25, -0.2) is 0 Å². The first kappa shape index (κ1) is 10.7. The van der Waals surface area contributed by atoms with Crippen LogP contribution in [0.3, 0.4) is 0 Å². The lowest BCUT2D eigenvalue weighted by Crippen LogP contribution is -1.95. The van der Waals surface area contributed by atoms with Gasteiger partial charge in [0.2, 0.25) is 5.82 Å². The summed E-state index contributed by atoms with van der Waals surface area (Å²) >= 11 is 0. The Morgan fingerprint density at radius 1 is 1.53 bits per heavy atom. The standard InChI is InChI=1S/C10H5FN2O2/c1-7-5-10(13(14)15)9(11)6-8(7)3-2-4-12/h5-6H,1H3. The van der Waals surface area contributed by atoms with E-state index in [0.717, 1.165) is 12.1 Å². The molecule has 0 fully saturated rings. The van der Waals surface area contributed by atoms with E-state index in [-0.39, 0.29) is 5.56 Å². The Labute approximate surface area is 85.1 Å². The maximum Gasteiger partial charge on any atom is 0.305 e. The van der Waals surface area contributed by atoms with Gasteiger partial charge in [-0.1, -0.05) is 5.92 Å². The SMILES string of the molecule is Cc1cc([N+](=O)[O-])c(F)cc1C#CC#N. The first-order valence-corrected chi connectivity index (χ1v) is 3.91. The lowest BCUT2D eigenvalue weighted by Gasteiger charge is -1.99. The van der Waals surface area contributed by atoms with Crippen molar-refractivity contribution in [2.24, 2.45) is 0 Å². The van der Waals surface area contributed by atoms with Crippen molar-refractivity contribution in [3.05, 3.63) is 39.2 Å². The second-order valence-electron chi connectivity index (χ2n) is 2.74. The highest BCUT2D eigenvalue weighted by Crippen LogP contribution is 2.21. The third-order valence-corrected chi connectivity index (χ3v) is 1.74. The number of nitro groups is 1. The van der Waals surface area contributed by atoms with E-state index < -0.39 is 16.4 Å². The molecule has 0 saturated heterocycles. The molecular formula is C10H5FN2O2. The van der Waals surface area contributed by atoms with E-state index in [1.807, 2.05) is 0 Å². The topological polar surface area (TPSA) is 66.9 Å². The van der Waals surface area contributed by atoms with Gasteiger partial charge < -0.3 is 0 Å². The Hall–Kier alpha value is -2.40. The molecule has 0 N–H and O–H groups in total. The smallest absolute Gasteiger partial charge is 0.258 e. The number of aryl methyl sites for hydroxylation is 1. The summed E-state index contributed by atoms with van der Waals surface area (Å²) in [5, 5.41) is 18.6. The predicted molar refractivity (Wildman–Crippen MR) is 50.3 cm³/mol. The highest BCUT2D eigenvalue weighted by atomic mass is 19.1. The highest BCUT2D eigenvalue weighted by molar-refractivity contribution is 5.49. The number of hydrogen-bond donors (Lipinski definition) is 0. The van der Waals surface area contributed by atoms with Crippen LogP contribution in [0.5, 0.6) is 0 Å². The third-order valence-electron chi connectivity index (χ3n) is 1.74. The molecule has 0 spiro atoms. The number of hydrogen-bond acceptors (Lipinski definition) is 3. The molecule has 0 radical (unpaired) electrons. The van der Waals surface area contributed by atoms with Crippen molar-refractivity contribution in [3.8, 4) is 17.9 Å². The molecule has 0 amide bonds. The molecule has 0 saturated carbocycles. The van der Waals surface area contributed by atoms with Crippen LogP contribution >= 0.6 is 0 Å². The molecule has 4 nitrogen and oxygen atoms in total. The van der Waals surface area contributed by atoms with Gasteiger partial charge in [0.05, 0.1) is 4.92 Å². The largest absolute Gasteiger partial charge is 0.305 e. The van der Waals surface area contributed by atoms with E-state index in [4.69, 9.17) is 5.26 Å². The van der Waals surface area contributed by atoms with Crippen LogP contribution < -0.4 is 0 Å². The lowest BCUT2D eigenvalue weighted by atomic mass is 10.1. The number of benzene rings is 1. The molecule has 15 heavy (non-hydrogen) atoms. The van der Waals surface area contributed by atoms with Gasteiger partial charge in [-0.05, 0) is 18.6 Å². The summed E-state index contributed by atoms with van der Waals surface area (Å²) in [4.78, 5) is 9.57. The summed E-state index contributed by atoms with van der Waals surface area (Å²) < 4.78 is 13.1. The Kier molecular flexibility index (Phi) is 3.00. The third kappa shape index (κ3) is 2.29. The number of nitro benzene ring substituents is 1. The van der Waals surface area contributed by atoms with Crippen molar-refractivity contribution in [2.45, 2.75) is 6.92 Å². The second-order valence-corrected chi connectivity index (χ2v) is 2.74. The zero-order chi connectivity index (χ0) is 11.4. The van der Waals surface area contributed by atoms with Crippen LogP contribution in [0, 0.1) is 46.0 Å². The maximum atomic E-state index is 13.1. The van der Waals surface area contributed by atoms with Gasteiger partial charge in [0.25, 0.3) is 0 Å². The molecule has 1 aromatic carbocycles. The fraction of sp³-hybridized carbons (Fsp3) is 0.100. The van der Waals surface area contributed by atoms with Crippen molar-refractivity contribution in [3.63, 3.8) is 0 Å². The highest BCUT2D eigenvalue weighted by Gasteiger charge is 2.15. The zero-order valence-electron chi connectivity index (χ0n) is 7.74. The molecule has 0 bridgehead atoms. The summed E-state index contributed by atoms with van der Waals surface area (Å²) in [5.74, 6) is 3.55. The van der Waals surface area contributed by atoms with Crippen molar-refractivity contribution in [2.75, 3.05) is 0 Å². The van der Waals surface area contributed by atoms with Gasteiger partial charge in [0.15, 0.2) is 6.07 Å². The first-order valence-electron chi connectivity index (χ1n) is 3.91. The second kappa shape index (κ2) is 4.21. The van der Waals surface area contributed by atoms with E-state index >= 15 is 0 Å². The van der Waals surface area contributed by atoms with Crippen LogP contribution in [-0.4, -0.2) is 4.92 Å². The van der Waals surface area contributed by atoms with Gasteiger partial charge in [0, 0.05) is 17.6 Å². The molecular weight excluding hydrogens is 199 g/mol. The molecule has 1 rings (SSSR count). The summed E-state index contributed by atoms with van der Waals surface area (Å²) in [5.41, 5.74) is 0.153. The number of rotatable bonds is 1. The molecule has 0 aliphatic rings. The van der Waals surface area contributed by atoms with Crippen molar-refractivity contribution >= 4 is 5.69 Å². The van der Waals surface area contributed by atoms with Crippen LogP contribution in [0.4, 0.5) is 10.1 Å². The van der Waals surface area contributed by atoms with Crippen LogP contribution in [0.25, 0.3) is 0 Å².